The van der Waals surface area contributed by atoms with E-state index in [1.54, 1.807) is 27.0 Å². The van der Waals surface area contributed by atoms with Crippen LogP contribution < -0.4 is 16.2 Å². The number of carbonyl (C=O) groups excluding carboxylic acids is 1. The Bertz CT molecular complexity index is 593. The van der Waals surface area contributed by atoms with Crippen molar-refractivity contribution in [1.82, 2.24) is 15.1 Å². The minimum Gasteiger partial charge on any atom is -0.444 e. The van der Waals surface area contributed by atoms with E-state index in [-0.39, 0.29) is 5.56 Å². The molecule has 1 aromatic heterocycles. The Labute approximate surface area is 144 Å². The molecule has 0 unspecified atom stereocenters. The van der Waals surface area contributed by atoms with Gasteiger partial charge < -0.3 is 15.4 Å². The molecule has 1 heterocycles. The van der Waals surface area contributed by atoms with Gasteiger partial charge in [0.2, 0.25) is 0 Å². The van der Waals surface area contributed by atoms with Crippen molar-refractivity contribution in [3.05, 3.63) is 21.0 Å². The van der Waals surface area contributed by atoms with Crippen LogP contribution in [0, 0.1) is 5.92 Å². The molecule has 0 bridgehead atoms. The average molecular weight is 389 g/mol. The summed E-state index contributed by atoms with van der Waals surface area (Å²) in [5.41, 5.74) is -0.101. The minimum absolute atomic E-state index is 0.177. The number of halogens is 1. The minimum atomic E-state index is -0.522. The molecular weight excluding hydrogens is 364 g/mol. The Morgan fingerprint density at radius 1 is 1.39 bits per heavy atom. The van der Waals surface area contributed by atoms with Crippen molar-refractivity contribution in [3.63, 3.8) is 0 Å². The van der Waals surface area contributed by atoms with Gasteiger partial charge in [-0.05, 0) is 42.6 Å². The molecule has 0 aliphatic heterocycles. The Kier molecular flexibility index (Phi) is 7.05. The van der Waals surface area contributed by atoms with Crippen LogP contribution in [0.25, 0.3) is 0 Å². The molecular formula is C15H25BrN4O3. The SMILES string of the molecule is CC(C)Cn1ncc(NCCNC(=O)OC(C)(C)C)c(Br)c1=O. The number of hydrogen-bond donors (Lipinski definition) is 2. The highest BCUT2D eigenvalue weighted by Gasteiger charge is 2.15. The summed E-state index contributed by atoms with van der Waals surface area (Å²) in [7, 11) is 0. The summed E-state index contributed by atoms with van der Waals surface area (Å²) in [5.74, 6) is 0.337. The third kappa shape index (κ3) is 7.02. The molecule has 0 saturated carbocycles. The summed E-state index contributed by atoms with van der Waals surface area (Å²) >= 11 is 3.29. The number of ether oxygens (including phenoxy) is 1. The van der Waals surface area contributed by atoms with Gasteiger partial charge in [0.15, 0.2) is 0 Å². The number of nitrogens with zero attached hydrogens (tertiary/aromatic N) is 2. The van der Waals surface area contributed by atoms with Crippen molar-refractivity contribution >= 4 is 27.7 Å². The van der Waals surface area contributed by atoms with E-state index < -0.39 is 11.7 Å². The highest BCUT2D eigenvalue weighted by molar-refractivity contribution is 9.10. The first-order chi connectivity index (χ1) is 10.6. The van der Waals surface area contributed by atoms with E-state index in [2.05, 4.69) is 31.7 Å². The van der Waals surface area contributed by atoms with Gasteiger partial charge >= 0.3 is 6.09 Å². The summed E-state index contributed by atoms with van der Waals surface area (Å²) < 4.78 is 7.00. The van der Waals surface area contributed by atoms with Crippen molar-refractivity contribution in [2.75, 3.05) is 18.4 Å². The maximum absolute atomic E-state index is 12.1. The summed E-state index contributed by atoms with van der Waals surface area (Å²) in [5, 5.41) is 9.84. The zero-order valence-electron chi connectivity index (χ0n) is 14.3. The van der Waals surface area contributed by atoms with Crippen LogP contribution in [0.2, 0.25) is 0 Å². The molecule has 1 amide bonds. The van der Waals surface area contributed by atoms with Crippen LogP contribution in [-0.2, 0) is 11.3 Å². The second-order valence-corrected chi connectivity index (χ2v) is 7.40. The van der Waals surface area contributed by atoms with Gasteiger partial charge in [0, 0.05) is 19.6 Å². The Balaban J connectivity index is 2.51. The lowest BCUT2D eigenvalue weighted by atomic mass is 10.2. The molecule has 0 atom stereocenters. The van der Waals surface area contributed by atoms with Crippen LogP contribution in [0.1, 0.15) is 34.6 Å². The van der Waals surface area contributed by atoms with E-state index in [1.807, 2.05) is 13.8 Å². The highest BCUT2D eigenvalue weighted by atomic mass is 79.9. The topological polar surface area (TPSA) is 85.2 Å². The maximum atomic E-state index is 12.1. The van der Waals surface area contributed by atoms with Gasteiger partial charge in [-0.3, -0.25) is 4.79 Å². The first-order valence-electron chi connectivity index (χ1n) is 7.56. The fourth-order valence-electron chi connectivity index (χ4n) is 1.74. The summed E-state index contributed by atoms with van der Waals surface area (Å²) in [6.45, 7) is 10.9. The Morgan fingerprint density at radius 3 is 2.61 bits per heavy atom. The first kappa shape index (κ1) is 19.5. The van der Waals surface area contributed by atoms with E-state index in [1.165, 1.54) is 4.68 Å². The molecule has 0 aromatic carbocycles. The molecule has 0 spiro atoms. The molecule has 23 heavy (non-hydrogen) atoms. The van der Waals surface area contributed by atoms with Crippen molar-refractivity contribution in [2.24, 2.45) is 5.92 Å². The number of anilines is 1. The van der Waals surface area contributed by atoms with Gasteiger partial charge in [0.1, 0.15) is 10.1 Å². The molecule has 130 valence electrons. The molecule has 0 saturated heterocycles. The van der Waals surface area contributed by atoms with Crippen LogP contribution >= 0.6 is 15.9 Å². The molecule has 1 rings (SSSR count). The van der Waals surface area contributed by atoms with E-state index in [4.69, 9.17) is 4.74 Å². The number of hydrogen-bond acceptors (Lipinski definition) is 5. The fraction of sp³-hybridized carbons (Fsp3) is 0.667. The van der Waals surface area contributed by atoms with E-state index in [0.717, 1.165) is 0 Å². The quantitative estimate of drug-likeness (QED) is 0.731. The normalized spacial score (nSPS) is 11.4. The highest BCUT2D eigenvalue weighted by Crippen LogP contribution is 2.15. The number of nitrogens with one attached hydrogen (secondary N) is 2. The number of rotatable bonds is 6. The molecule has 8 heteroatoms. The van der Waals surface area contributed by atoms with Crippen LogP contribution in [0.15, 0.2) is 15.5 Å². The lowest BCUT2D eigenvalue weighted by Gasteiger charge is -2.19. The first-order valence-corrected chi connectivity index (χ1v) is 8.36. The standard InChI is InChI=1S/C15H25BrN4O3/c1-10(2)9-20-13(21)12(16)11(8-19-20)17-6-7-18-14(22)23-15(3,4)5/h8,10,17H,6-7,9H2,1-5H3,(H,18,22). The molecule has 1 aromatic rings. The van der Waals surface area contributed by atoms with Crippen molar-refractivity contribution < 1.29 is 9.53 Å². The molecule has 0 fully saturated rings. The lowest BCUT2D eigenvalue weighted by Crippen LogP contribution is -2.35. The van der Waals surface area contributed by atoms with Crippen LogP contribution in [0.4, 0.5) is 10.5 Å². The maximum Gasteiger partial charge on any atom is 0.407 e. The second kappa shape index (κ2) is 8.33. The predicted octanol–water partition coefficient (Wildman–Crippen LogP) is 2.60. The van der Waals surface area contributed by atoms with Gasteiger partial charge in [-0.25, -0.2) is 9.48 Å². The summed E-state index contributed by atoms with van der Waals surface area (Å²) in [6.07, 6.45) is 1.13. The zero-order chi connectivity index (χ0) is 17.6. The lowest BCUT2D eigenvalue weighted by molar-refractivity contribution is 0.0530. The van der Waals surface area contributed by atoms with Gasteiger partial charge in [-0.15, -0.1) is 0 Å². The second-order valence-electron chi connectivity index (χ2n) is 6.61. The molecule has 0 aliphatic rings. The number of alkyl carbamates (subject to hydrolysis) is 1. The van der Waals surface area contributed by atoms with Crippen LogP contribution in [-0.4, -0.2) is 34.6 Å². The summed E-state index contributed by atoms with van der Waals surface area (Å²) in [4.78, 5) is 23.6. The van der Waals surface area contributed by atoms with E-state index in [9.17, 15) is 9.59 Å². The van der Waals surface area contributed by atoms with E-state index >= 15 is 0 Å². The van der Waals surface area contributed by atoms with Crippen molar-refractivity contribution in [1.29, 1.82) is 0 Å². The van der Waals surface area contributed by atoms with Crippen molar-refractivity contribution in [2.45, 2.75) is 46.8 Å². The van der Waals surface area contributed by atoms with Crippen molar-refractivity contribution in [3.8, 4) is 0 Å². The molecule has 0 aliphatic carbocycles. The Morgan fingerprint density at radius 2 is 2.04 bits per heavy atom. The van der Waals surface area contributed by atoms with E-state index in [0.29, 0.717) is 35.7 Å². The number of amides is 1. The number of carbonyl (C=O) groups is 1. The molecule has 0 radical (unpaired) electrons. The van der Waals surface area contributed by atoms with Crippen LogP contribution in [0.5, 0.6) is 0 Å². The van der Waals surface area contributed by atoms with Gasteiger partial charge in [0.25, 0.3) is 5.56 Å². The van der Waals surface area contributed by atoms with Gasteiger partial charge in [-0.2, -0.15) is 5.10 Å². The zero-order valence-corrected chi connectivity index (χ0v) is 15.9. The number of aromatic nitrogens is 2. The largest absolute Gasteiger partial charge is 0.444 e. The monoisotopic (exact) mass is 388 g/mol. The average Bonchev–Trinajstić information content (AvgIpc) is 2.39. The molecule has 2 N–H and O–H groups in total. The van der Waals surface area contributed by atoms with Gasteiger partial charge in [0.05, 0.1) is 11.9 Å². The predicted molar refractivity (Wildman–Crippen MR) is 93.8 cm³/mol. The molecule has 7 nitrogen and oxygen atoms in total. The van der Waals surface area contributed by atoms with Gasteiger partial charge in [-0.1, -0.05) is 13.8 Å². The third-order valence-corrected chi connectivity index (χ3v) is 3.40. The third-order valence-electron chi connectivity index (χ3n) is 2.63. The smallest absolute Gasteiger partial charge is 0.407 e. The Hall–Kier alpha value is -1.57. The fourth-order valence-corrected chi connectivity index (χ4v) is 2.19. The summed E-state index contributed by atoms with van der Waals surface area (Å²) in [6, 6.07) is 0. The van der Waals surface area contributed by atoms with Crippen LogP contribution in [0.3, 0.4) is 0 Å².